The number of esters is 1. The fourth-order valence-corrected chi connectivity index (χ4v) is 2.45. The van der Waals surface area contributed by atoms with E-state index < -0.39 is 0 Å². The summed E-state index contributed by atoms with van der Waals surface area (Å²) >= 11 is 1.32. The Balaban J connectivity index is 2.09. The lowest BCUT2D eigenvalue weighted by atomic mass is 10.3. The van der Waals surface area contributed by atoms with Crippen LogP contribution < -0.4 is 5.56 Å². The molecule has 0 aliphatic heterocycles. The number of carbonyl (C=O) groups is 1. The minimum atomic E-state index is -0.241. The van der Waals surface area contributed by atoms with Gasteiger partial charge in [0.05, 0.1) is 19.2 Å². The van der Waals surface area contributed by atoms with Crippen molar-refractivity contribution in [3.05, 3.63) is 27.6 Å². The van der Waals surface area contributed by atoms with Crippen LogP contribution in [0, 0.1) is 0 Å². The van der Waals surface area contributed by atoms with Crippen molar-refractivity contribution in [3.8, 4) is 0 Å². The van der Waals surface area contributed by atoms with Crippen LogP contribution in [0.25, 0.3) is 4.96 Å². The third kappa shape index (κ3) is 3.40. The molecule has 0 aromatic carbocycles. The summed E-state index contributed by atoms with van der Waals surface area (Å²) in [6, 6.07) is 1.48. The predicted molar refractivity (Wildman–Crippen MR) is 74.7 cm³/mol. The van der Waals surface area contributed by atoms with Crippen LogP contribution in [0.5, 0.6) is 0 Å². The largest absolute Gasteiger partial charge is 0.469 e. The first kappa shape index (κ1) is 14.6. The van der Waals surface area contributed by atoms with Gasteiger partial charge in [0.2, 0.25) is 4.96 Å². The molecule has 0 N–H and O–H groups in total. The summed E-state index contributed by atoms with van der Waals surface area (Å²) < 4.78 is 5.90. The molecule has 0 atom stereocenters. The maximum Gasteiger partial charge on any atom is 0.306 e. The molecule has 0 fully saturated rings. The number of methoxy groups -OCH3 is 1. The van der Waals surface area contributed by atoms with Gasteiger partial charge in [0.25, 0.3) is 5.56 Å². The van der Waals surface area contributed by atoms with Gasteiger partial charge in [-0.05, 0) is 6.54 Å². The summed E-state index contributed by atoms with van der Waals surface area (Å²) in [7, 11) is 1.37. The summed E-state index contributed by atoms with van der Waals surface area (Å²) in [5.41, 5.74) is 2.09. The highest BCUT2D eigenvalue weighted by atomic mass is 32.1. The van der Waals surface area contributed by atoms with E-state index in [4.69, 9.17) is 0 Å². The lowest BCUT2D eigenvalue weighted by molar-refractivity contribution is -0.141. The molecule has 0 bridgehead atoms. The monoisotopic (exact) mass is 296 g/mol. The predicted octanol–water partition coefficient (Wildman–Crippen LogP) is 0.536. The van der Waals surface area contributed by atoms with Gasteiger partial charge >= 0.3 is 5.97 Å². The van der Waals surface area contributed by atoms with Crippen molar-refractivity contribution in [2.24, 2.45) is 0 Å². The fraction of sp³-hybridized carbons (Fsp3) is 0.500. The number of aromatic nitrogens is 3. The maximum atomic E-state index is 11.8. The second kappa shape index (κ2) is 6.58. The van der Waals surface area contributed by atoms with Gasteiger partial charge < -0.3 is 4.74 Å². The molecule has 0 saturated carbocycles. The molecule has 0 radical (unpaired) electrons. The lowest BCUT2D eigenvalue weighted by Crippen LogP contribution is -2.27. The molecule has 0 spiro atoms. The van der Waals surface area contributed by atoms with E-state index in [9.17, 15) is 9.59 Å². The smallest absolute Gasteiger partial charge is 0.306 e. The third-order valence-electron chi connectivity index (χ3n) is 2.93. The van der Waals surface area contributed by atoms with E-state index in [1.54, 1.807) is 5.51 Å². The van der Waals surface area contributed by atoms with Crippen molar-refractivity contribution in [2.45, 2.75) is 19.9 Å². The Bertz CT molecular complexity index is 651. The van der Waals surface area contributed by atoms with Gasteiger partial charge in [-0.1, -0.05) is 18.3 Å². The number of hydrogen-bond donors (Lipinski definition) is 0. The first-order valence-corrected chi connectivity index (χ1v) is 7.13. The summed E-state index contributed by atoms with van der Waals surface area (Å²) in [5, 5.41) is 3.91. The molecule has 0 saturated heterocycles. The molecule has 7 nitrogen and oxygen atoms in total. The number of rotatable bonds is 6. The van der Waals surface area contributed by atoms with Crippen LogP contribution in [0.2, 0.25) is 0 Å². The molecule has 2 aromatic rings. The Morgan fingerprint density at radius 2 is 2.35 bits per heavy atom. The SMILES string of the molecule is CCN(CCC(=O)OC)Cc1cc(=O)n2ncsc2n1. The van der Waals surface area contributed by atoms with E-state index >= 15 is 0 Å². The van der Waals surface area contributed by atoms with Crippen LogP contribution in [0.4, 0.5) is 0 Å². The summed E-state index contributed by atoms with van der Waals surface area (Å²) in [4.78, 5) is 30.0. The van der Waals surface area contributed by atoms with Gasteiger partial charge in [-0.15, -0.1) is 0 Å². The Morgan fingerprint density at radius 3 is 3.05 bits per heavy atom. The molecule has 108 valence electrons. The Labute approximate surface area is 119 Å². The molecular formula is C12H16N4O3S. The molecule has 0 unspecified atom stereocenters. The molecule has 0 aliphatic rings. The van der Waals surface area contributed by atoms with Crippen molar-refractivity contribution in [1.82, 2.24) is 19.5 Å². The average Bonchev–Trinajstić information content (AvgIpc) is 2.91. The zero-order valence-corrected chi connectivity index (χ0v) is 12.2. The topological polar surface area (TPSA) is 76.8 Å². The van der Waals surface area contributed by atoms with E-state index in [-0.39, 0.29) is 11.5 Å². The Hall–Kier alpha value is -1.80. The maximum absolute atomic E-state index is 11.8. The van der Waals surface area contributed by atoms with Gasteiger partial charge in [0.15, 0.2) is 0 Å². The lowest BCUT2D eigenvalue weighted by Gasteiger charge is -2.18. The molecule has 0 aliphatic carbocycles. The fourth-order valence-electron chi connectivity index (χ4n) is 1.81. The van der Waals surface area contributed by atoms with Crippen LogP contribution in [-0.4, -0.2) is 45.7 Å². The first-order chi connectivity index (χ1) is 9.63. The zero-order valence-electron chi connectivity index (χ0n) is 11.4. The van der Waals surface area contributed by atoms with Crippen molar-refractivity contribution >= 4 is 22.3 Å². The van der Waals surface area contributed by atoms with Crippen LogP contribution in [-0.2, 0) is 16.1 Å². The van der Waals surface area contributed by atoms with Gasteiger partial charge in [-0.2, -0.15) is 9.61 Å². The second-order valence-electron chi connectivity index (χ2n) is 4.21. The minimum Gasteiger partial charge on any atom is -0.469 e. The van der Waals surface area contributed by atoms with Crippen molar-refractivity contribution in [2.75, 3.05) is 20.2 Å². The second-order valence-corrected chi connectivity index (χ2v) is 5.03. The highest BCUT2D eigenvalue weighted by Crippen LogP contribution is 2.06. The van der Waals surface area contributed by atoms with E-state index in [0.717, 1.165) is 6.54 Å². The van der Waals surface area contributed by atoms with E-state index in [0.29, 0.717) is 30.2 Å². The van der Waals surface area contributed by atoms with Crippen LogP contribution >= 0.6 is 11.3 Å². The minimum absolute atomic E-state index is 0.185. The quantitative estimate of drug-likeness (QED) is 0.724. The molecule has 2 heterocycles. The zero-order chi connectivity index (χ0) is 14.5. The highest BCUT2D eigenvalue weighted by Gasteiger charge is 2.10. The van der Waals surface area contributed by atoms with Gasteiger partial charge in [0.1, 0.15) is 5.51 Å². The standard InChI is InChI=1S/C12H16N4O3S/c1-3-15(5-4-11(18)19-2)7-9-6-10(17)16-12(14-9)20-8-13-16/h6,8H,3-5,7H2,1-2H3. The molecule has 2 aromatic heterocycles. The van der Waals surface area contributed by atoms with Crippen molar-refractivity contribution in [1.29, 1.82) is 0 Å². The van der Waals surface area contributed by atoms with Gasteiger partial charge in [-0.3, -0.25) is 14.5 Å². The summed E-state index contributed by atoms with van der Waals surface area (Å²) in [6.45, 7) is 3.86. The number of carbonyl (C=O) groups excluding carboxylic acids is 1. The van der Waals surface area contributed by atoms with Crippen molar-refractivity contribution in [3.63, 3.8) is 0 Å². The number of hydrogen-bond acceptors (Lipinski definition) is 7. The van der Waals surface area contributed by atoms with Crippen LogP contribution in [0.3, 0.4) is 0 Å². The van der Waals surface area contributed by atoms with E-state index in [1.807, 2.05) is 11.8 Å². The van der Waals surface area contributed by atoms with Gasteiger partial charge in [0, 0.05) is 19.2 Å². The van der Waals surface area contributed by atoms with E-state index in [1.165, 1.54) is 29.0 Å². The molecular weight excluding hydrogens is 280 g/mol. The summed E-state index contributed by atoms with van der Waals surface area (Å²) in [5.74, 6) is -0.241. The molecule has 20 heavy (non-hydrogen) atoms. The molecule has 2 rings (SSSR count). The molecule has 0 amide bonds. The first-order valence-electron chi connectivity index (χ1n) is 6.25. The van der Waals surface area contributed by atoms with Crippen molar-refractivity contribution < 1.29 is 9.53 Å². The summed E-state index contributed by atoms with van der Waals surface area (Å²) in [6.07, 6.45) is 0.326. The number of fused-ring (bicyclic) bond motifs is 1. The Kier molecular flexibility index (Phi) is 4.80. The normalized spacial score (nSPS) is 11.2. The molecule has 8 heteroatoms. The Morgan fingerprint density at radius 1 is 1.55 bits per heavy atom. The number of nitrogens with zero attached hydrogens (tertiary/aromatic N) is 4. The third-order valence-corrected chi connectivity index (χ3v) is 3.61. The van der Waals surface area contributed by atoms with Gasteiger partial charge in [-0.25, -0.2) is 4.98 Å². The van der Waals surface area contributed by atoms with Crippen LogP contribution in [0.1, 0.15) is 19.0 Å². The highest BCUT2D eigenvalue weighted by molar-refractivity contribution is 7.14. The van der Waals surface area contributed by atoms with Crippen LogP contribution in [0.15, 0.2) is 16.4 Å². The van der Waals surface area contributed by atoms with E-state index in [2.05, 4.69) is 14.8 Å². The number of ether oxygens (including phenoxy) is 1. The average molecular weight is 296 g/mol.